The van der Waals surface area contributed by atoms with E-state index >= 15 is 0 Å². The first-order valence-electron chi connectivity index (χ1n) is 7.74. The van der Waals surface area contributed by atoms with Crippen LogP contribution in [0.15, 0.2) is 60.7 Å². The van der Waals surface area contributed by atoms with Crippen LogP contribution < -0.4 is 5.32 Å². The van der Waals surface area contributed by atoms with Crippen LogP contribution in [0.5, 0.6) is 0 Å². The van der Waals surface area contributed by atoms with Gasteiger partial charge in [-0.3, -0.25) is 4.79 Å². The molecule has 0 aliphatic heterocycles. The lowest BCUT2D eigenvalue weighted by Gasteiger charge is -2.04. The second kappa shape index (κ2) is 7.32. The molecule has 5 heteroatoms. The number of benzene rings is 2. The van der Waals surface area contributed by atoms with E-state index in [-0.39, 0.29) is 5.91 Å². The van der Waals surface area contributed by atoms with Crippen molar-refractivity contribution in [3.05, 3.63) is 76.7 Å². The maximum Gasteiger partial charge on any atom is 0.337 e. The van der Waals surface area contributed by atoms with E-state index in [1.54, 1.807) is 24.3 Å². The molecular formula is C20H17NO3S. The molecule has 0 atom stereocenters. The minimum atomic E-state index is -0.403. The number of nitrogens with one attached hydrogen (secondary N) is 1. The lowest BCUT2D eigenvalue weighted by atomic mass is 10.1. The molecule has 4 nitrogen and oxygen atoms in total. The number of ether oxygens (including phenoxy) is 1. The van der Waals surface area contributed by atoms with Crippen LogP contribution in [0.1, 0.15) is 25.6 Å². The SMILES string of the molecule is COC(=O)c1ccc(NC(=O)c2cc(C)c(-c3ccccc3)s2)cc1. The van der Waals surface area contributed by atoms with Gasteiger partial charge in [-0.2, -0.15) is 0 Å². The Bertz CT molecular complexity index is 898. The van der Waals surface area contributed by atoms with E-state index in [0.717, 1.165) is 16.0 Å². The van der Waals surface area contributed by atoms with Gasteiger partial charge in [0.1, 0.15) is 0 Å². The van der Waals surface area contributed by atoms with Crippen molar-refractivity contribution in [3.8, 4) is 10.4 Å². The van der Waals surface area contributed by atoms with E-state index < -0.39 is 5.97 Å². The molecule has 1 heterocycles. The highest BCUT2D eigenvalue weighted by Gasteiger charge is 2.14. The lowest BCUT2D eigenvalue weighted by molar-refractivity contribution is 0.0600. The highest BCUT2D eigenvalue weighted by Crippen LogP contribution is 2.32. The normalized spacial score (nSPS) is 10.3. The van der Waals surface area contributed by atoms with Crippen molar-refractivity contribution in [2.45, 2.75) is 6.92 Å². The Hall–Kier alpha value is -2.92. The third-order valence-electron chi connectivity index (χ3n) is 3.74. The number of esters is 1. The topological polar surface area (TPSA) is 55.4 Å². The molecule has 0 saturated heterocycles. The number of carbonyl (C=O) groups is 2. The van der Waals surface area contributed by atoms with E-state index in [9.17, 15) is 9.59 Å². The van der Waals surface area contributed by atoms with Crippen LogP contribution >= 0.6 is 11.3 Å². The van der Waals surface area contributed by atoms with E-state index in [1.165, 1.54) is 18.4 Å². The van der Waals surface area contributed by atoms with Gasteiger partial charge in [-0.25, -0.2) is 4.79 Å². The first-order chi connectivity index (χ1) is 12.1. The molecule has 0 saturated carbocycles. The minimum absolute atomic E-state index is 0.166. The summed E-state index contributed by atoms with van der Waals surface area (Å²) < 4.78 is 4.66. The number of thiophene rings is 1. The van der Waals surface area contributed by atoms with Crippen LogP contribution in [-0.2, 0) is 4.74 Å². The van der Waals surface area contributed by atoms with Gasteiger partial charge in [0.15, 0.2) is 0 Å². The summed E-state index contributed by atoms with van der Waals surface area (Å²) >= 11 is 1.47. The number of anilines is 1. The fourth-order valence-corrected chi connectivity index (χ4v) is 3.54. The first-order valence-corrected chi connectivity index (χ1v) is 8.55. The van der Waals surface area contributed by atoms with Crippen molar-refractivity contribution in [1.82, 2.24) is 0 Å². The fraction of sp³-hybridized carbons (Fsp3) is 0.100. The molecule has 0 radical (unpaired) electrons. The van der Waals surface area contributed by atoms with Crippen molar-refractivity contribution < 1.29 is 14.3 Å². The van der Waals surface area contributed by atoms with Crippen molar-refractivity contribution in [3.63, 3.8) is 0 Å². The molecule has 3 aromatic rings. The fourth-order valence-electron chi connectivity index (χ4n) is 2.47. The Morgan fingerprint density at radius 3 is 2.32 bits per heavy atom. The molecule has 0 fully saturated rings. The van der Waals surface area contributed by atoms with Crippen molar-refractivity contribution in [1.29, 1.82) is 0 Å². The summed E-state index contributed by atoms with van der Waals surface area (Å²) in [5, 5.41) is 2.85. The predicted octanol–water partition coefficient (Wildman–Crippen LogP) is 4.76. The summed E-state index contributed by atoms with van der Waals surface area (Å²) in [6, 6.07) is 18.5. The standard InChI is InChI=1S/C20H17NO3S/c1-13-12-17(25-18(13)14-6-4-3-5-7-14)19(22)21-16-10-8-15(9-11-16)20(23)24-2/h3-12H,1-2H3,(H,21,22). The van der Waals surface area contributed by atoms with Gasteiger partial charge >= 0.3 is 5.97 Å². The summed E-state index contributed by atoms with van der Waals surface area (Å²) in [5.74, 6) is -0.569. The monoisotopic (exact) mass is 351 g/mol. The third kappa shape index (κ3) is 3.78. The average Bonchev–Trinajstić information content (AvgIpc) is 3.04. The Kier molecular flexibility index (Phi) is 4.95. The zero-order chi connectivity index (χ0) is 17.8. The molecular weight excluding hydrogens is 334 g/mol. The molecule has 3 rings (SSSR count). The molecule has 25 heavy (non-hydrogen) atoms. The van der Waals surface area contributed by atoms with Gasteiger partial charge in [-0.05, 0) is 48.4 Å². The van der Waals surface area contributed by atoms with Gasteiger partial charge in [-0.15, -0.1) is 11.3 Å². The number of hydrogen-bond acceptors (Lipinski definition) is 4. The van der Waals surface area contributed by atoms with Gasteiger partial charge in [-0.1, -0.05) is 30.3 Å². The second-order valence-electron chi connectivity index (χ2n) is 5.51. The molecule has 2 aromatic carbocycles. The lowest BCUT2D eigenvalue weighted by Crippen LogP contribution is -2.10. The van der Waals surface area contributed by atoms with E-state index in [1.807, 2.05) is 43.3 Å². The first kappa shape index (κ1) is 16.9. The number of amides is 1. The van der Waals surface area contributed by atoms with E-state index in [0.29, 0.717) is 16.1 Å². The van der Waals surface area contributed by atoms with Gasteiger partial charge in [0, 0.05) is 10.6 Å². The van der Waals surface area contributed by atoms with Crippen LogP contribution in [0.3, 0.4) is 0 Å². The Morgan fingerprint density at radius 2 is 1.68 bits per heavy atom. The quantitative estimate of drug-likeness (QED) is 0.689. The summed E-state index contributed by atoms with van der Waals surface area (Å²) in [7, 11) is 1.33. The van der Waals surface area contributed by atoms with Crippen LogP contribution in [0.4, 0.5) is 5.69 Å². The number of rotatable bonds is 4. The van der Waals surface area contributed by atoms with E-state index in [4.69, 9.17) is 0 Å². The van der Waals surface area contributed by atoms with Gasteiger partial charge in [0.25, 0.3) is 5.91 Å². The molecule has 1 amide bonds. The zero-order valence-electron chi connectivity index (χ0n) is 13.9. The third-order valence-corrected chi connectivity index (χ3v) is 5.03. The minimum Gasteiger partial charge on any atom is -0.465 e. The number of carbonyl (C=O) groups excluding carboxylic acids is 2. The van der Waals surface area contributed by atoms with Crippen LogP contribution in [-0.4, -0.2) is 19.0 Å². The smallest absolute Gasteiger partial charge is 0.337 e. The summed E-state index contributed by atoms with van der Waals surface area (Å²) in [6.07, 6.45) is 0. The molecule has 0 aliphatic rings. The Balaban J connectivity index is 1.77. The highest BCUT2D eigenvalue weighted by molar-refractivity contribution is 7.17. The summed E-state index contributed by atoms with van der Waals surface area (Å²) in [4.78, 5) is 25.7. The van der Waals surface area contributed by atoms with Crippen molar-refractivity contribution >= 4 is 28.9 Å². The largest absolute Gasteiger partial charge is 0.465 e. The Morgan fingerprint density at radius 1 is 1.00 bits per heavy atom. The van der Waals surface area contributed by atoms with Crippen molar-refractivity contribution in [2.75, 3.05) is 12.4 Å². The molecule has 0 bridgehead atoms. The van der Waals surface area contributed by atoms with E-state index in [2.05, 4.69) is 10.1 Å². The summed E-state index contributed by atoms with van der Waals surface area (Å²) in [5.41, 5.74) is 3.25. The highest BCUT2D eigenvalue weighted by atomic mass is 32.1. The Labute approximate surface area is 150 Å². The second-order valence-corrected chi connectivity index (χ2v) is 6.56. The number of aryl methyl sites for hydroxylation is 1. The predicted molar refractivity (Wildman–Crippen MR) is 100 cm³/mol. The molecule has 0 aliphatic carbocycles. The van der Waals surface area contributed by atoms with Gasteiger partial charge in [0.2, 0.25) is 0 Å². The molecule has 1 aromatic heterocycles. The van der Waals surface area contributed by atoms with Gasteiger partial charge < -0.3 is 10.1 Å². The van der Waals surface area contributed by atoms with Crippen LogP contribution in [0, 0.1) is 6.92 Å². The number of methoxy groups -OCH3 is 1. The molecule has 0 unspecified atom stereocenters. The van der Waals surface area contributed by atoms with Gasteiger partial charge in [0.05, 0.1) is 17.6 Å². The average molecular weight is 351 g/mol. The summed E-state index contributed by atoms with van der Waals surface area (Å²) in [6.45, 7) is 2.00. The van der Waals surface area contributed by atoms with Crippen molar-refractivity contribution in [2.24, 2.45) is 0 Å². The maximum absolute atomic E-state index is 12.5. The van der Waals surface area contributed by atoms with Crippen LogP contribution in [0.25, 0.3) is 10.4 Å². The molecule has 1 N–H and O–H groups in total. The zero-order valence-corrected chi connectivity index (χ0v) is 14.7. The number of hydrogen-bond donors (Lipinski definition) is 1. The maximum atomic E-state index is 12.5. The molecule has 0 spiro atoms. The molecule has 126 valence electrons. The van der Waals surface area contributed by atoms with Crippen LogP contribution in [0.2, 0.25) is 0 Å².